The SMILES string of the molecule is Cl.NC(=O)c1ccc(C2CCNCC2)cc1OC(F)(F)F. The highest BCUT2D eigenvalue weighted by Gasteiger charge is 2.33. The van der Waals surface area contributed by atoms with E-state index in [2.05, 4.69) is 10.1 Å². The standard InChI is InChI=1S/C13H15F3N2O2.ClH/c14-13(15,16)20-11-7-9(1-2-10(11)12(17)19)8-3-5-18-6-4-8;/h1-2,7-8,18H,3-6H2,(H2,17,19);1H. The van der Waals surface area contributed by atoms with Gasteiger partial charge in [0.1, 0.15) is 5.75 Å². The van der Waals surface area contributed by atoms with E-state index < -0.39 is 18.0 Å². The molecule has 1 aromatic rings. The molecule has 8 heteroatoms. The average Bonchev–Trinajstić information content (AvgIpc) is 2.37. The first-order chi connectivity index (χ1) is 9.37. The van der Waals surface area contributed by atoms with E-state index in [9.17, 15) is 18.0 Å². The minimum absolute atomic E-state index is 0. The lowest BCUT2D eigenvalue weighted by molar-refractivity contribution is -0.274. The Kier molecular flexibility index (Phi) is 5.86. The van der Waals surface area contributed by atoms with Crippen LogP contribution in [-0.2, 0) is 0 Å². The van der Waals surface area contributed by atoms with E-state index in [4.69, 9.17) is 5.73 Å². The molecule has 118 valence electrons. The highest BCUT2D eigenvalue weighted by Crippen LogP contribution is 2.32. The molecule has 1 fully saturated rings. The van der Waals surface area contributed by atoms with Gasteiger partial charge in [0.05, 0.1) is 5.56 Å². The van der Waals surface area contributed by atoms with Crippen molar-refractivity contribution in [3.05, 3.63) is 29.3 Å². The molecule has 0 unspecified atom stereocenters. The highest BCUT2D eigenvalue weighted by atomic mass is 35.5. The van der Waals surface area contributed by atoms with Crippen molar-refractivity contribution in [1.82, 2.24) is 5.32 Å². The average molecular weight is 325 g/mol. The summed E-state index contributed by atoms with van der Waals surface area (Å²) in [6.07, 6.45) is -3.18. The number of hydrogen-bond donors (Lipinski definition) is 2. The van der Waals surface area contributed by atoms with Crippen molar-refractivity contribution in [3.63, 3.8) is 0 Å². The van der Waals surface area contributed by atoms with Crippen LogP contribution in [0.5, 0.6) is 5.75 Å². The third kappa shape index (κ3) is 4.78. The lowest BCUT2D eigenvalue weighted by Crippen LogP contribution is -2.27. The topological polar surface area (TPSA) is 64.4 Å². The number of halogens is 4. The summed E-state index contributed by atoms with van der Waals surface area (Å²) in [7, 11) is 0. The second kappa shape index (κ2) is 7.00. The third-order valence-corrected chi connectivity index (χ3v) is 3.31. The van der Waals surface area contributed by atoms with Gasteiger partial charge in [-0.1, -0.05) is 6.07 Å². The maximum Gasteiger partial charge on any atom is 0.573 e. The van der Waals surface area contributed by atoms with Crippen LogP contribution in [0.2, 0.25) is 0 Å². The number of primary amides is 1. The first kappa shape index (κ1) is 17.6. The maximum absolute atomic E-state index is 12.4. The van der Waals surface area contributed by atoms with E-state index in [1.54, 1.807) is 6.07 Å². The Bertz CT molecular complexity index is 503. The van der Waals surface area contributed by atoms with Crippen LogP contribution < -0.4 is 15.8 Å². The number of ether oxygens (including phenoxy) is 1. The molecular weight excluding hydrogens is 309 g/mol. The number of alkyl halides is 3. The number of carbonyl (C=O) groups excluding carboxylic acids is 1. The molecule has 0 bridgehead atoms. The van der Waals surface area contributed by atoms with Crippen LogP contribution >= 0.6 is 12.4 Å². The van der Waals surface area contributed by atoms with E-state index in [0.717, 1.165) is 31.5 Å². The van der Waals surface area contributed by atoms with Gasteiger partial charge in [-0.3, -0.25) is 4.79 Å². The Hall–Kier alpha value is -1.47. The number of hydrogen-bond acceptors (Lipinski definition) is 3. The molecule has 0 saturated carbocycles. The van der Waals surface area contributed by atoms with Gasteiger partial charge in [0.2, 0.25) is 0 Å². The van der Waals surface area contributed by atoms with Gasteiger partial charge < -0.3 is 15.8 Å². The highest BCUT2D eigenvalue weighted by molar-refractivity contribution is 5.95. The van der Waals surface area contributed by atoms with Gasteiger partial charge >= 0.3 is 6.36 Å². The van der Waals surface area contributed by atoms with Gasteiger partial charge in [-0.2, -0.15) is 0 Å². The van der Waals surface area contributed by atoms with Gasteiger partial charge in [0.25, 0.3) is 5.91 Å². The van der Waals surface area contributed by atoms with E-state index in [0.29, 0.717) is 0 Å². The molecule has 2 rings (SSSR count). The zero-order chi connectivity index (χ0) is 14.8. The maximum atomic E-state index is 12.4. The van der Waals surface area contributed by atoms with Gasteiger partial charge in [0, 0.05) is 0 Å². The number of piperidine rings is 1. The molecule has 0 aliphatic carbocycles. The van der Waals surface area contributed by atoms with Crippen molar-refractivity contribution in [2.75, 3.05) is 13.1 Å². The Morgan fingerprint density at radius 3 is 2.43 bits per heavy atom. The molecule has 4 nitrogen and oxygen atoms in total. The predicted octanol–water partition coefficient (Wildman–Crippen LogP) is 2.57. The van der Waals surface area contributed by atoms with Crippen LogP contribution in [0.1, 0.15) is 34.7 Å². The number of nitrogens with two attached hydrogens (primary N) is 1. The number of benzene rings is 1. The third-order valence-electron chi connectivity index (χ3n) is 3.31. The summed E-state index contributed by atoms with van der Waals surface area (Å²) >= 11 is 0. The number of rotatable bonds is 3. The van der Waals surface area contributed by atoms with E-state index in [1.807, 2.05) is 0 Å². The summed E-state index contributed by atoms with van der Waals surface area (Å²) in [6.45, 7) is 1.63. The van der Waals surface area contributed by atoms with Gasteiger partial charge in [-0.25, -0.2) is 0 Å². The summed E-state index contributed by atoms with van der Waals surface area (Å²) in [4.78, 5) is 11.2. The minimum atomic E-state index is -4.85. The Morgan fingerprint density at radius 1 is 1.29 bits per heavy atom. The molecule has 0 radical (unpaired) electrons. The van der Waals surface area contributed by atoms with E-state index in [1.165, 1.54) is 12.1 Å². The van der Waals surface area contributed by atoms with Gasteiger partial charge in [-0.15, -0.1) is 25.6 Å². The van der Waals surface area contributed by atoms with Crippen LogP contribution in [0, 0.1) is 0 Å². The fourth-order valence-corrected chi connectivity index (χ4v) is 2.36. The normalized spacial score (nSPS) is 16.1. The van der Waals surface area contributed by atoms with Gasteiger partial charge in [-0.05, 0) is 49.5 Å². The largest absolute Gasteiger partial charge is 0.573 e. The van der Waals surface area contributed by atoms with E-state index >= 15 is 0 Å². The molecule has 1 heterocycles. The van der Waals surface area contributed by atoms with Crippen molar-refractivity contribution in [1.29, 1.82) is 0 Å². The van der Waals surface area contributed by atoms with Crippen molar-refractivity contribution in [3.8, 4) is 5.75 Å². The molecule has 1 aliphatic heterocycles. The Balaban J connectivity index is 0.00000220. The first-order valence-corrected chi connectivity index (χ1v) is 6.27. The molecule has 3 N–H and O–H groups in total. The molecule has 1 saturated heterocycles. The zero-order valence-corrected chi connectivity index (χ0v) is 11.9. The number of carbonyl (C=O) groups is 1. The quantitative estimate of drug-likeness (QED) is 0.898. The van der Waals surface area contributed by atoms with Crippen LogP contribution in [0.4, 0.5) is 13.2 Å². The van der Waals surface area contributed by atoms with Crippen molar-refractivity contribution < 1.29 is 22.7 Å². The number of amides is 1. The van der Waals surface area contributed by atoms with Crippen LogP contribution in [0.15, 0.2) is 18.2 Å². The van der Waals surface area contributed by atoms with Crippen LogP contribution in [0.25, 0.3) is 0 Å². The number of nitrogens with one attached hydrogen (secondary N) is 1. The monoisotopic (exact) mass is 324 g/mol. The second-order valence-corrected chi connectivity index (χ2v) is 4.69. The molecule has 0 spiro atoms. The van der Waals surface area contributed by atoms with E-state index in [-0.39, 0.29) is 23.9 Å². The zero-order valence-electron chi connectivity index (χ0n) is 11.1. The molecule has 21 heavy (non-hydrogen) atoms. The fourth-order valence-electron chi connectivity index (χ4n) is 2.36. The molecule has 1 aliphatic rings. The predicted molar refractivity (Wildman–Crippen MR) is 73.7 cm³/mol. The lowest BCUT2D eigenvalue weighted by atomic mass is 9.89. The van der Waals surface area contributed by atoms with Gasteiger partial charge in [0.15, 0.2) is 0 Å². The smallest absolute Gasteiger partial charge is 0.405 e. The molecule has 1 aromatic carbocycles. The molecule has 1 amide bonds. The summed E-state index contributed by atoms with van der Waals surface area (Å²) in [6, 6.07) is 4.20. The van der Waals surface area contributed by atoms with Crippen LogP contribution in [0.3, 0.4) is 0 Å². The molecule has 0 aromatic heterocycles. The van der Waals surface area contributed by atoms with Crippen molar-refractivity contribution in [2.24, 2.45) is 5.73 Å². The molecule has 0 atom stereocenters. The van der Waals surface area contributed by atoms with Crippen molar-refractivity contribution >= 4 is 18.3 Å². The Labute approximate surface area is 126 Å². The lowest BCUT2D eigenvalue weighted by Gasteiger charge is -2.24. The summed E-state index contributed by atoms with van der Waals surface area (Å²) in [5.41, 5.74) is 5.53. The van der Waals surface area contributed by atoms with Crippen LogP contribution in [-0.4, -0.2) is 25.4 Å². The summed E-state index contributed by atoms with van der Waals surface area (Å²) in [5.74, 6) is -1.31. The fraction of sp³-hybridized carbons (Fsp3) is 0.462. The first-order valence-electron chi connectivity index (χ1n) is 6.27. The minimum Gasteiger partial charge on any atom is -0.405 e. The second-order valence-electron chi connectivity index (χ2n) is 4.69. The Morgan fingerprint density at radius 2 is 1.90 bits per heavy atom. The summed E-state index contributed by atoms with van der Waals surface area (Å²) < 4.78 is 41.0. The van der Waals surface area contributed by atoms with Crippen molar-refractivity contribution in [2.45, 2.75) is 25.1 Å². The summed E-state index contributed by atoms with van der Waals surface area (Å²) in [5, 5.41) is 3.18. The molecular formula is C13H16ClF3N2O2.